The Morgan fingerprint density at radius 1 is 1.30 bits per heavy atom. The largest absolute Gasteiger partial charge is 0.357 e. The van der Waals surface area contributed by atoms with E-state index < -0.39 is 0 Å². The topological polar surface area (TPSA) is 31.9 Å². The van der Waals surface area contributed by atoms with E-state index in [4.69, 9.17) is 0 Å². The summed E-state index contributed by atoms with van der Waals surface area (Å²) in [6, 6.07) is 11.4. The van der Waals surface area contributed by atoms with E-state index in [-0.39, 0.29) is 5.82 Å². The third-order valence-corrected chi connectivity index (χ3v) is 4.88. The molecule has 118 valence electrons. The normalized spacial score (nSPS) is 18.8. The summed E-state index contributed by atoms with van der Waals surface area (Å²) in [7, 11) is 0. The Kier molecular flexibility index (Phi) is 3.62. The molecule has 3 nitrogen and oxygen atoms in total. The van der Waals surface area contributed by atoms with Crippen LogP contribution >= 0.6 is 0 Å². The van der Waals surface area contributed by atoms with Gasteiger partial charge in [0.1, 0.15) is 5.82 Å². The highest BCUT2D eigenvalue weighted by molar-refractivity contribution is 5.84. The number of H-pyrrole nitrogens is 1. The Balaban J connectivity index is 1.63. The van der Waals surface area contributed by atoms with E-state index in [0.29, 0.717) is 6.04 Å². The maximum absolute atomic E-state index is 13.5. The Hall–Kier alpha value is -2.20. The van der Waals surface area contributed by atoms with Gasteiger partial charge in [0.25, 0.3) is 0 Å². The number of aromatic nitrogens is 2. The summed E-state index contributed by atoms with van der Waals surface area (Å²) in [5.74, 6) is -0.182. The summed E-state index contributed by atoms with van der Waals surface area (Å²) in [4.78, 5) is 10.5. The van der Waals surface area contributed by atoms with Gasteiger partial charge in [-0.25, -0.2) is 4.39 Å². The number of likely N-dealkylation sites (tertiary alicyclic amines) is 1. The van der Waals surface area contributed by atoms with Crippen LogP contribution in [-0.4, -0.2) is 21.4 Å². The first-order valence-corrected chi connectivity index (χ1v) is 8.14. The van der Waals surface area contributed by atoms with Crippen LogP contribution in [0.15, 0.2) is 42.6 Å². The molecule has 0 saturated carbocycles. The summed E-state index contributed by atoms with van der Waals surface area (Å²) in [5, 5.41) is 0.980. The number of fused-ring (bicyclic) bond motifs is 1. The second-order valence-corrected chi connectivity index (χ2v) is 6.30. The molecule has 1 aromatic carbocycles. The lowest BCUT2D eigenvalue weighted by molar-refractivity contribution is 0.241. The number of aromatic amines is 1. The molecule has 3 aromatic rings. The summed E-state index contributed by atoms with van der Waals surface area (Å²) >= 11 is 0. The minimum atomic E-state index is -0.182. The van der Waals surface area contributed by atoms with Crippen LogP contribution in [-0.2, 0) is 6.54 Å². The van der Waals surface area contributed by atoms with Crippen molar-refractivity contribution in [1.29, 1.82) is 0 Å². The van der Waals surface area contributed by atoms with Gasteiger partial charge in [0, 0.05) is 29.3 Å². The third kappa shape index (κ3) is 2.63. The Labute approximate surface area is 135 Å². The average Bonchev–Trinajstić information content (AvgIpc) is 3.15. The monoisotopic (exact) mass is 309 g/mol. The summed E-state index contributed by atoms with van der Waals surface area (Å²) in [6.45, 7) is 3.99. The highest BCUT2D eigenvalue weighted by Gasteiger charge is 2.27. The lowest BCUT2D eigenvalue weighted by Gasteiger charge is -2.23. The zero-order valence-electron chi connectivity index (χ0n) is 13.2. The molecule has 4 rings (SSSR count). The first-order chi connectivity index (χ1) is 11.2. The molecule has 4 heteroatoms. The smallest absolute Gasteiger partial charge is 0.123 e. The second kappa shape index (κ2) is 5.78. The maximum atomic E-state index is 13.5. The fourth-order valence-electron chi connectivity index (χ4n) is 3.64. The predicted octanol–water partition coefficient (Wildman–Crippen LogP) is 4.35. The summed E-state index contributed by atoms with van der Waals surface area (Å²) < 4.78 is 13.5. The van der Waals surface area contributed by atoms with Crippen LogP contribution in [0.3, 0.4) is 0 Å². The van der Waals surface area contributed by atoms with E-state index in [1.807, 2.05) is 18.3 Å². The number of rotatable bonds is 3. The van der Waals surface area contributed by atoms with Gasteiger partial charge < -0.3 is 4.98 Å². The predicted molar refractivity (Wildman–Crippen MR) is 89.6 cm³/mol. The minimum Gasteiger partial charge on any atom is -0.357 e. The van der Waals surface area contributed by atoms with E-state index >= 15 is 0 Å². The van der Waals surface area contributed by atoms with Gasteiger partial charge in [-0.05, 0) is 62.2 Å². The molecule has 1 atom stereocenters. The molecule has 1 fully saturated rings. The van der Waals surface area contributed by atoms with Gasteiger partial charge in [0.05, 0.1) is 11.7 Å². The van der Waals surface area contributed by atoms with E-state index in [1.54, 1.807) is 6.07 Å². The van der Waals surface area contributed by atoms with Gasteiger partial charge in [-0.15, -0.1) is 0 Å². The molecule has 0 aliphatic carbocycles. The number of benzene rings is 1. The standard InChI is InChI=1S/C19H20FN3/c1-13-15-11-14(20)7-8-16(15)22-18(13)12-23-10-4-6-19(23)17-5-2-3-9-21-17/h2-3,5,7-9,11,19,22H,4,6,10,12H2,1H3. The SMILES string of the molecule is Cc1c(CN2CCCC2c2ccccn2)[nH]c2ccc(F)cc12. The Bertz CT molecular complexity index is 825. The number of hydrogen-bond donors (Lipinski definition) is 1. The van der Waals surface area contributed by atoms with Crippen molar-refractivity contribution in [3.63, 3.8) is 0 Å². The molecule has 3 heterocycles. The highest BCUT2D eigenvalue weighted by atomic mass is 19.1. The van der Waals surface area contributed by atoms with Crippen molar-refractivity contribution in [3.8, 4) is 0 Å². The van der Waals surface area contributed by atoms with Crippen molar-refractivity contribution in [3.05, 3.63) is 65.4 Å². The van der Waals surface area contributed by atoms with E-state index in [9.17, 15) is 4.39 Å². The fraction of sp³-hybridized carbons (Fsp3) is 0.316. The second-order valence-electron chi connectivity index (χ2n) is 6.30. The van der Waals surface area contributed by atoms with Gasteiger partial charge in [0.2, 0.25) is 0 Å². The summed E-state index contributed by atoms with van der Waals surface area (Å²) in [5.41, 5.74) is 4.47. The third-order valence-electron chi connectivity index (χ3n) is 4.88. The lowest BCUT2D eigenvalue weighted by atomic mass is 10.1. The molecule has 0 bridgehead atoms. The maximum Gasteiger partial charge on any atom is 0.123 e. The molecule has 1 unspecified atom stereocenters. The van der Waals surface area contributed by atoms with Crippen LogP contribution < -0.4 is 0 Å². The van der Waals surface area contributed by atoms with Gasteiger partial charge in [-0.3, -0.25) is 9.88 Å². The molecular formula is C19H20FN3. The quantitative estimate of drug-likeness (QED) is 0.780. The molecule has 0 radical (unpaired) electrons. The Morgan fingerprint density at radius 2 is 2.22 bits per heavy atom. The molecule has 0 amide bonds. The van der Waals surface area contributed by atoms with Crippen molar-refractivity contribution in [2.75, 3.05) is 6.54 Å². The van der Waals surface area contributed by atoms with Crippen LogP contribution in [0.25, 0.3) is 10.9 Å². The van der Waals surface area contributed by atoms with Crippen molar-refractivity contribution >= 4 is 10.9 Å². The number of pyridine rings is 1. The Morgan fingerprint density at radius 3 is 3.04 bits per heavy atom. The lowest BCUT2D eigenvalue weighted by Crippen LogP contribution is -2.23. The minimum absolute atomic E-state index is 0.182. The molecule has 1 aliphatic rings. The van der Waals surface area contributed by atoms with Crippen LogP contribution in [0, 0.1) is 12.7 Å². The molecule has 1 saturated heterocycles. The molecule has 2 aromatic heterocycles. The highest BCUT2D eigenvalue weighted by Crippen LogP contribution is 2.33. The van der Waals surface area contributed by atoms with Crippen LogP contribution in [0.5, 0.6) is 0 Å². The number of aryl methyl sites for hydroxylation is 1. The first kappa shape index (κ1) is 14.4. The van der Waals surface area contributed by atoms with Crippen molar-refractivity contribution in [2.24, 2.45) is 0 Å². The number of halogens is 1. The van der Waals surface area contributed by atoms with E-state index in [1.165, 1.54) is 18.2 Å². The van der Waals surface area contributed by atoms with Crippen LogP contribution in [0.1, 0.15) is 35.8 Å². The molecule has 0 spiro atoms. The number of nitrogens with zero attached hydrogens (tertiary/aromatic N) is 2. The molecule has 1 N–H and O–H groups in total. The van der Waals surface area contributed by atoms with E-state index in [2.05, 4.69) is 33.9 Å². The number of hydrogen-bond acceptors (Lipinski definition) is 2. The first-order valence-electron chi connectivity index (χ1n) is 8.14. The van der Waals surface area contributed by atoms with Gasteiger partial charge in [0.15, 0.2) is 0 Å². The average molecular weight is 309 g/mol. The van der Waals surface area contributed by atoms with Gasteiger partial charge >= 0.3 is 0 Å². The van der Waals surface area contributed by atoms with Gasteiger partial charge in [-0.1, -0.05) is 6.07 Å². The molecule has 23 heavy (non-hydrogen) atoms. The van der Waals surface area contributed by atoms with Crippen molar-refractivity contribution in [2.45, 2.75) is 32.4 Å². The summed E-state index contributed by atoms with van der Waals surface area (Å²) in [6.07, 6.45) is 4.20. The van der Waals surface area contributed by atoms with Crippen LogP contribution in [0.2, 0.25) is 0 Å². The van der Waals surface area contributed by atoms with Crippen molar-refractivity contribution < 1.29 is 4.39 Å². The molecular weight excluding hydrogens is 289 g/mol. The number of nitrogens with one attached hydrogen (secondary N) is 1. The van der Waals surface area contributed by atoms with E-state index in [0.717, 1.165) is 41.7 Å². The van der Waals surface area contributed by atoms with Gasteiger partial charge in [-0.2, -0.15) is 0 Å². The van der Waals surface area contributed by atoms with Crippen LogP contribution in [0.4, 0.5) is 4.39 Å². The van der Waals surface area contributed by atoms with Crippen molar-refractivity contribution in [1.82, 2.24) is 14.9 Å². The zero-order chi connectivity index (χ0) is 15.8. The zero-order valence-corrected chi connectivity index (χ0v) is 13.2. The fourth-order valence-corrected chi connectivity index (χ4v) is 3.64. The molecule has 1 aliphatic heterocycles.